The third-order valence-corrected chi connectivity index (χ3v) is 2.69. The van der Waals surface area contributed by atoms with Crippen LogP contribution in [0.2, 0.25) is 0 Å². The Labute approximate surface area is 119 Å². The molecule has 0 bridgehead atoms. The first-order valence-electron chi connectivity index (χ1n) is 5.95. The summed E-state index contributed by atoms with van der Waals surface area (Å²) in [5, 5.41) is 14.8. The second-order valence-electron chi connectivity index (χ2n) is 4.10. The second kappa shape index (κ2) is 5.95. The number of nitro groups is 1. The van der Waals surface area contributed by atoms with Crippen LogP contribution in [0.25, 0.3) is 0 Å². The highest BCUT2D eigenvalue weighted by Gasteiger charge is 2.17. The molecule has 21 heavy (non-hydrogen) atoms. The number of methoxy groups -OCH3 is 1. The normalized spacial score (nSPS) is 10.8. The Balaban J connectivity index is 2.38. The predicted molar refractivity (Wildman–Crippen MR) is 75.9 cm³/mol. The van der Waals surface area contributed by atoms with Gasteiger partial charge >= 0.3 is 5.82 Å². The van der Waals surface area contributed by atoms with E-state index in [0.29, 0.717) is 5.56 Å². The molecule has 2 rings (SSSR count). The summed E-state index contributed by atoms with van der Waals surface area (Å²) in [6, 6.07) is 6.28. The molecule has 108 valence electrons. The standard InChI is InChI=1S/C13H12N4O4/c1-9-4-3-7-16(13(9)18)14-8-10-5-6-11(21-2)12(15-10)17(19)20/h3-8H,1-2H3/b14-8+. The summed E-state index contributed by atoms with van der Waals surface area (Å²) < 4.78 is 5.99. The second-order valence-corrected chi connectivity index (χ2v) is 4.10. The van der Waals surface area contributed by atoms with Gasteiger partial charge in [-0.15, -0.1) is 0 Å². The van der Waals surface area contributed by atoms with E-state index in [1.807, 2.05) is 0 Å². The lowest BCUT2D eigenvalue weighted by Crippen LogP contribution is -2.17. The zero-order valence-electron chi connectivity index (χ0n) is 11.4. The first kappa shape index (κ1) is 14.4. The van der Waals surface area contributed by atoms with Crippen LogP contribution >= 0.6 is 0 Å². The monoisotopic (exact) mass is 288 g/mol. The molecule has 0 fully saturated rings. The van der Waals surface area contributed by atoms with E-state index < -0.39 is 10.7 Å². The molecule has 0 amide bonds. The maximum absolute atomic E-state index is 11.8. The fraction of sp³-hybridized carbons (Fsp3) is 0.154. The molecule has 0 aromatic carbocycles. The van der Waals surface area contributed by atoms with Gasteiger partial charge in [0.25, 0.3) is 5.56 Å². The van der Waals surface area contributed by atoms with Crippen molar-refractivity contribution in [3.8, 4) is 5.75 Å². The molecular formula is C13H12N4O4. The third kappa shape index (κ3) is 3.11. The Kier molecular flexibility index (Phi) is 4.07. The molecule has 0 saturated heterocycles. The lowest BCUT2D eigenvalue weighted by molar-refractivity contribution is -0.390. The lowest BCUT2D eigenvalue weighted by atomic mass is 10.3. The van der Waals surface area contributed by atoms with Crippen LogP contribution in [-0.2, 0) is 0 Å². The fourth-order valence-corrected chi connectivity index (χ4v) is 1.61. The van der Waals surface area contributed by atoms with Gasteiger partial charge in [0.2, 0.25) is 5.75 Å². The van der Waals surface area contributed by atoms with Crippen molar-refractivity contribution in [2.24, 2.45) is 5.10 Å². The van der Waals surface area contributed by atoms with Gasteiger partial charge in [0.1, 0.15) is 0 Å². The average Bonchev–Trinajstić information content (AvgIpc) is 2.48. The van der Waals surface area contributed by atoms with Gasteiger partial charge < -0.3 is 14.9 Å². The van der Waals surface area contributed by atoms with E-state index in [1.54, 1.807) is 19.1 Å². The molecule has 0 aliphatic rings. The number of nitrogens with zero attached hydrogens (tertiary/aromatic N) is 4. The van der Waals surface area contributed by atoms with E-state index in [4.69, 9.17) is 4.74 Å². The Morgan fingerprint density at radius 1 is 1.43 bits per heavy atom. The van der Waals surface area contributed by atoms with Crippen LogP contribution in [-0.4, -0.2) is 27.9 Å². The van der Waals surface area contributed by atoms with Crippen LogP contribution in [0.4, 0.5) is 5.82 Å². The maximum atomic E-state index is 11.8. The number of aromatic nitrogens is 2. The number of hydrogen-bond donors (Lipinski definition) is 0. The van der Waals surface area contributed by atoms with Crippen LogP contribution in [0.3, 0.4) is 0 Å². The molecule has 0 N–H and O–H groups in total. The molecule has 0 unspecified atom stereocenters. The third-order valence-electron chi connectivity index (χ3n) is 2.69. The van der Waals surface area contributed by atoms with Crippen LogP contribution < -0.4 is 10.3 Å². The maximum Gasteiger partial charge on any atom is 0.406 e. The van der Waals surface area contributed by atoms with Crippen LogP contribution in [0.5, 0.6) is 5.75 Å². The van der Waals surface area contributed by atoms with E-state index in [0.717, 1.165) is 4.68 Å². The van der Waals surface area contributed by atoms with Crippen molar-refractivity contribution >= 4 is 12.0 Å². The summed E-state index contributed by atoms with van der Waals surface area (Å²) in [6.45, 7) is 1.67. The van der Waals surface area contributed by atoms with Gasteiger partial charge in [-0.1, -0.05) is 6.07 Å². The first-order chi connectivity index (χ1) is 10.0. The molecule has 0 aliphatic carbocycles. The van der Waals surface area contributed by atoms with E-state index in [-0.39, 0.29) is 17.0 Å². The summed E-state index contributed by atoms with van der Waals surface area (Å²) in [7, 11) is 1.32. The topological polar surface area (TPSA) is 99.6 Å². The molecule has 0 atom stereocenters. The van der Waals surface area contributed by atoms with Crippen molar-refractivity contribution in [2.75, 3.05) is 7.11 Å². The largest absolute Gasteiger partial charge is 0.489 e. The molecule has 0 spiro atoms. The lowest BCUT2D eigenvalue weighted by Gasteiger charge is -2.00. The molecule has 0 radical (unpaired) electrons. The first-order valence-corrected chi connectivity index (χ1v) is 5.95. The number of pyridine rings is 2. The quantitative estimate of drug-likeness (QED) is 0.480. The molecule has 0 saturated carbocycles. The summed E-state index contributed by atoms with van der Waals surface area (Å²) >= 11 is 0. The highest BCUT2D eigenvalue weighted by atomic mass is 16.6. The summed E-state index contributed by atoms with van der Waals surface area (Å²) in [5.74, 6) is -0.345. The Bertz CT molecular complexity index is 767. The molecular weight excluding hydrogens is 276 g/mol. The van der Waals surface area contributed by atoms with Gasteiger partial charge in [0.15, 0.2) is 5.69 Å². The predicted octanol–water partition coefficient (Wildman–Crippen LogP) is 1.35. The van der Waals surface area contributed by atoms with Crippen LogP contribution in [0.15, 0.2) is 40.4 Å². The molecule has 2 heterocycles. The Morgan fingerprint density at radius 3 is 2.86 bits per heavy atom. The Morgan fingerprint density at radius 2 is 2.19 bits per heavy atom. The van der Waals surface area contributed by atoms with Crippen LogP contribution in [0.1, 0.15) is 11.3 Å². The minimum Gasteiger partial charge on any atom is -0.489 e. The van der Waals surface area contributed by atoms with Crippen molar-refractivity contribution in [3.05, 3.63) is 62.2 Å². The van der Waals surface area contributed by atoms with E-state index >= 15 is 0 Å². The van der Waals surface area contributed by atoms with Crippen LogP contribution in [0, 0.1) is 17.0 Å². The van der Waals surface area contributed by atoms with Gasteiger partial charge in [0.05, 0.1) is 13.3 Å². The van der Waals surface area contributed by atoms with Crippen molar-refractivity contribution in [2.45, 2.75) is 6.92 Å². The van der Waals surface area contributed by atoms with Gasteiger partial charge in [-0.3, -0.25) is 4.79 Å². The SMILES string of the molecule is COc1ccc(/C=N/n2cccc(C)c2=O)nc1[N+](=O)[O-]. The number of hydrogen-bond acceptors (Lipinski definition) is 6. The minimum atomic E-state index is -0.644. The minimum absolute atomic E-state index is 0.0601. The summed E-state index contributed by atoms with van der Waals surface area (Å²) in [5.41, 5.74) is 0.524. The zero-order chi connectivity index (χ0) is 15.4. The number of rotatable bonds is 4. The summed E-state index contributed by atoms with van der Waals surface area (Å²) in [4.78, 5) is 25.8. The highest BCUT2D eigenvalue weighted by Crippen LogP contribution is 2.23. The smallest absolute Gasteiger partial charge is 0.406 e. The van der Waals surface area contributed by atoms with Crippen molar-refractivity contribution in [1.29, 1.82) is 0 Å². The fourth-order valence-electron chi connectivity index (χ4n) is 1.61. The van der Waals surface area contributed by atoms with Crippen molar-refractivity contribution in [1.82, 2.24) is 9.66 Å². The van der Waals surface area contributed by atoms with E-state index in [1.165, 1.54) is 31.7 Å². The number of aryl methyl sites for hydroxylation is 1. The van der Waals surface area contributed by atoms with Gasteiger partial charge in [0, 0.05) is 11.8 Å². The molecule has 8 nitrogen and oxygen atoms in total. The highest BCUT2D eigenvalue weighted by molar-refractivity contribution is 5.77. The van der Waals surface area contributed by atoms with Gasteiger partial charge in [-0.25, -0.2) is 4.68 Å². The molecule has 2 aromatic heterocycles. The van der Waals surface area contributed by atoms with Gasteiger partial charge in [-0.2, -0.15) is 5.10 Å². The zero-order valence-corrected chi connectivity index (χ0v) is 11.4. The molecule has 8 heteroatoms. The number of ether oxygens (including phenoxy) is 1. The van der Waals surface area contributed by atoms with Crippen molar-refractivity contribution < 1.29 is 9.66 Å². The Hall–Kier alpha value is -3.03. The van der Waals surface area contributed by atoms with E-state index in [2.05, 4.69) is 10.1 Å². The molecule has 2 aromatic rings. The van der Waals surface area contributed by atoms with Crippen molar-refractivity contribution in [3.63, 3.8) is 0 Å². The van der Waals surface area contributed by atoms with E-state index in [9.17, 15) is 14.9 Å². The molecule has 0 aliphatic heterocycles. The average molecular weight is 288 g/mol. The van der Waals surface area contributed by atoms with Gasteiger partial charge in [-0.05, 0) is 35.0 Å². The summed E-state index contributed by atoms with van der Waals surface area (Å²) in [6.07, 6.45) is 2.76.